The number of benzene rings is 3. The van der Waals surface area contributed by atoms with Crippen LogP contribution in [0.5, 0.6) is 0 Å². The molecule has 0 spiro atoms. The topological polar surface area (TPSA) is 29.9 Å². The number of nitrogens with zero attached hydrogens (tertiary/aromatic N) is 1. The molecule has 0 bridgehead atoms. The highest BCUT2D eigenvalue weighted by Gasteiger charge is 2.25. The van der Waals surface area contributed by atoms with Crippen molar-refractivity contribution < 1.29 is 4.57 Å². The minimum absolute atomic E-state index is 0.829. The second kappa shape index (κ2) is 13.1. The molecule has 0 saturated heterocycles. The highest BCUT2D eigenvalue weighted by molar-refractivity contribution is 7.19. The molecule has 1 aliphatic heterocycles. The minimum Gasteiger partial charge on any atom is -0.402 e. The lowest BCUT2D eigenvalue weighted by Gasteiger charge is -2.09. The molecule has 0 saturated carbocycles. The van der Waals surface area contributed by atoms with Gasteiger partial charge in [-0.05, 0) is 61.1 Å². The zero-order valence-electron chi connectivity index (χ0n) is 21.8. The van der Waals surface area contributed by atoms with Crippen LogP contribution < -0.4 is 10.3 Å². The summed E-state index contributed by atoms with van der Waals surface area (Å²) in [6.07, 6.45) is 7.92. The average molecular weight is 484 g/mol. The third-order valence-electron chi connectivity index (χ3n) is 6.03. The Morgan fingerprint density at radius 3 is 2.34 bits per heavy atom. The van der Waals surface area contributed by atoms with Gasteiger partial charge in [0.15, 0.2) is 6.54 Å². The monoisotopic (exact) mass is 483 g/mol. The molecule has 4 aromatic rings. The van der Waals surface area contributed by atoms with E-state index in [1.54, 1.807) is 0 Å². The first-order chi connectivity index (χ1) is 17.1. The van der Waals surface area contributed by atoms with Gasteiger partial charge in [0.2, 0.25) is 5.52 Å². The van der Waals surface area contributed by atoms with Gasteiger partial charge in [0.05, 0.1) is 0 Å². The van der Waals surface area contributed by atoms with Crippen molar-refractivity contribution in [3.05, 3.63) is 112 Å². The Morgan fingerprint density at radius 2 is 1.69 bits per heavy atom. The summed E-state index contributed by atoms with van der Waals surface area (Å²) in [5.41, 5.74) is 14.9. The highest BCUT2D eigenvalue weighted by Crippen LogP contribution is 2.30. The van der Waals surface area contributed by atoms with Crippen LogP contribution in [-0.2, 0) is 19.4 Å². The van der Waals surface area contributed by atoms with Gasteiger partial charge < -0.3 is 5.73 Å². The number of hydrogen-bond acceptors (Lipinski definition) is 2. The van der Waals surface area contributed by atoms with Gasteiger partial charge in [-0.15, -0.1) is 0 Å². The van der Waals surface area contributed by atoms with Gasteiger partial charge in [-0.3, -0.25) is 0 Å². The van der Waals surface area contributed by atoms with E-state index >= 15 is 0 Å². The molecule has 35 heavy (non-hydrogen) atoms. The first-order valence-electron chi connectivity index (χ1n) is 12.8. The third kappa shape index (κ3) is 6.70. The molecule has 0 atom stereocenters. The van der Waals surface area contributed by atoms with Crippen molar-refractivity contribution >= 4 is 33.2 Å². The molecule has 0 aliphatic carbocycles. The number of hydrogen-bond donors (Lipinski definition) is 1. The second-order valence-corrected chi connectivity index (χ2v) is 9.66. The Balaban J connectivity index is 0.000000289. The van der Waals surface area contributed by atoms with E-state index in [9.17, 15) is 0 Å². The summed E-state index contributed by atoms with van der Waals surface area (Å²) in [4.78, 5) is 0. The maximum Gasteiger partial charge on any atom is 0.263 e. The summed E-state index contributed by atoms with van der Waals surface area (Å²) in [6.45, 7) is 11.4. The zero-order chi connectivity index (χ0) is 25.2. The molecule has 0 fully saturated rings. The normalized spacial score (nSPS) is 12.9. The van der Waals surface area contributed by atoms with Crippen LogP contribution in [0.1, 0.15) is 61.4 Å². The standard InChI is InChI=1S/C22H22N2S.C8H10.C2H6/c1-15-7-3-4-10-19(15)18(13-16(2)23)14-21-24-12-6-9-17-8-5-11-20(25-21)22(17)24;1-2-8-6-4-3-5-7-8;1-2/h3-5,7-8,10-11,13-14,23H,6,9,12H2,1-2H3;3-7H,2H2,1H3;1-2H3/p+1. The molecule has 5 rings (SSSR count). The van der Waals surface area contributed by atoms with Gasteiger partial charge in [-0.25, -0.2) is 0 Å². The van der Waals surface area contributed by atoms with E-state index in [4.69, 9.17) is 5.73 Å². The average Bonchev–Trinajstić information content (AvgIpc) is 3.25. The Labute approximate surface area is 215 Å². The molecule has 3 aromatic carbocycles. The van der Waals surface area contributed by atoms with Gasteiger partial charge in [0.25, 0.3) is 5.01 Å². The second-order valence-electron chi connectivity index (χ2n) is 8.60. The van der Waals surface area contributed by atoms with Crippen molar-refractivity contribution in [1.29, 1.82) is 0 Å². The van der Waals surface area contributed by atoms with Crippen LogP contribution in [0, 0.1) is 6.92 Å². The molecular formula is C32H39N2S+. The van der Waals surface area contributed by atoms with Crippen LogP contribution in [-0.4, -0.2) is 0 Å². The van der Waals surface area contributed by atoms with E-state index < -0.39 is 0 Å². The molecular weight excluding hydrogens is 444 g/mol. The Hall–Kier alpha value is -3.17. The number of rotatable bonds is 4. The lowest BCUT2D eigenvalue weighted by molar-refractivity contribution is -0.671. The van der Waals surface area contributed by atoms with Crippen LogP contribution in [0.3, 0.4) is 0 Å². The summed E-state index contributed by atoms with van der Waals surface area (Å²) in [5, 5.41) is 1.30. The SMILES string of the molecule is C/C(N)=C\C(=C/c1sc2cccc3c2[n+]1CCC3)c1ccccc1C.CC.CCc1ccccc1. The quantitative estimate of drug-likeness (QED) is 0.230. The highest BCUT2D eigenvalue weighted by atomic mass is 32.1. The van der Waals surface area contributed by atoms with E-state index in [1.807, 2.05) is 38.2 Å². The largest absolute Gasteiger partial charge is 0.402 e. The predicted octanol–water partition coefficient (Wildman–Crippen LogP) is 8.12. The van der Waals surface area contributed by atoms with E-state index in [0.717, 1.165) is 18.7 Å². The Bertz CT molecular complexity index is 1290. The van der Waals surface area contributed by atoms with Crippen LogP contribution in [0.4, 0.5) is 0 Å². The minimum atomic E-state index is 0.829. The molecule has 3 heteroatoms. The van der Waals surface area contributed by atoms with E-state index in [-0.39, 0.29) is 0 Å². The third-order valence-corrected chi connectivity index (χ3v) is 7.13. The zero-order valence-corrected chi connectivity index (χ0v) is 22.7. The van der Waals surface area contributed by atoms with Gasteiger partial charge >= 0.3 is 0 Å². The number of nitrogens with two attached hydrogens (primary N) is 1. The molecule has 0 unspecified atom stereocenters. The maximum atomic E-state index is 6.03. The summed E-state index contributed by atoms with van der Waals surface area (Å²) < 4.78 is 3.86. The molecule has 182 valence electrons. The van der Waals surface area contributed by atoms with Gasteiger partial charge in [-0.2, -0.15) is 4.57 Å². The first kappa shape index (κ1) is 26.4. The summed E-state index contributed by atoms with van der Waals surface area (Å²) in [7, 11) is 0. The lowest BCUT2D eigenvalue weighted by Crippen LogP contribution is -2.38. The smallest absolute Gasteiger partial charge is 0.263 e. The maximum absolute atomic E-state index is 6.03. The molecule has 1 aliphatic rings. The van der Waals surface area contributed by atoms with E-state index in [0.29, 0.717) is 0 Å². The summed E-state index contributed by atoms with van der Waals surface area (Å²) in [6, 6.07) is 25.7. The molecule has 2 heterocycles. The Kier molecular flexibility index (Phi) is 9.86. The molecule has 1 aromatic heterocycles. The molecule has 2 N–H and O–H groups in total. The molecule has 0 amide bonds. The number of thiazole rings is 1. The first-order valence-corrected chi connectivity index (χ1v) is 13.6. The van der Waals surface area contributed by atoms with Crippen LogP contribution in [0.2, 0.25) is 0 Å². The van der Waals surface area contributed by atoms with Crippen molar-refractivity contribution in [2.75, 3.05) is 0 Å². The lowest BCUT2D eigenvalue weighted by atomic mass is 9.99. The van der Waals surface area contributed by atoms with E-state index in [1.165, 1.54) is 55.9 Å². The summed E-state index contributed by atoms with van der Waals surface area (Å²) in [5.74, 6) is 0. The van der Waals surface area contributed by atoms with Crippen molar-refractivity contribution in [2.24, 2.45) is 5.73 Å². The van der Waals surface area contributed by atoms with E-state index in [2.05, 4.69) is 97.3 Å². The Morgan fingerprint density at radius 1 is 0.971 bits per heavy atom. The fourth-order valence-corrected chi connectivity index (χ4v) is 5.57. The number of para-hydroxylation sites is 1. The fourth-order valence-electron chi connectivity index (χ4n) is 4.38. The van der Waals surface area contributed by atoms with Gasteiger partial charge in [0, 0.05) is 23.8 Å². The van der Waals surface area contributed by atoms with Crippen LogP contribution in [0.25, 0.3) is 21.9 Å². The van der Waals surface area contributed by atoms with Crippen LogP contribution in [0.15, 0.2) is 84.6 Å². The number of aromatic nitrogens is 1. The van der Waals surface area contributed by atoms with Crippen molar-refractivity contribution in [3.63, 3.8) is 0 Å². The predicted molar refractivity (Wildman–Crippen MR) is 155 cm³/mol. The number of aryl methyl sites for hydroxylation is 4. The summed E-state index contributed by atoms with van der Waals surface area (Å²) >= 11 is 1.88. The molecule has 0 radical (unpaired) electrons. The van der Waals surface area contributed by atoms with Crippen molar-refractivity contribution in [1.82, 2.24) is 0 Å². The van der Waals surface area contributed by atoms with Crippen molar-refractivity contribution in [2.45, 2.75) is 60.4 Å². The van der Waals surface area contributed by atoms with Crippen molar-refractivity contribution in [3.8, 4) is 0 Å². The molecule has 2 nitrogen and oxygen atoms in total. The number of allylic oxidation sites excluding steroid dienone is 3. The van der Waals surface area contributed by atoms with Crippen LogP contribution >= 0.6 is 11.3 Å². The van der Waals surface area contributed by atoms with Gasteiger partial charge in [0.1, 0.15) is 4.70 Å². The van der Waals surface area contributed by atoms with Gasteiger partial charge in [-0.1, -0.05) is 98.8 Å². The fraction of sp³-hybridized carbons (Fsp3) is 0.281.